The molecule has 2 saturated carbocycles. The van der Waals surface area contributed by atoms with Crippen molar-refractivity contribution in [3.63, 3.8) is 0 Å². The summed E-state index contributed by atoms with van der Waals surface area (Å²) in [5.74, 6) is 2.81. The molecule has 2 rings (SSSR count). The summed E-state index contributed by atoms with van der Waals surface area (Å²) in [4.78, 5) is 0. The first kappa shape index (κ1) is 11.4. The van der Waals surface area contributed by atoms with Crippen LogP contribution in [0.4, 0.5) is 0 Å². The average molecular weight is 210 g/mol. The highest BCUT2D eigenvalue weighted by Gasteiger charge is 2.30. The molecule has 15 heavy (non-hydrogen) atoms. The van der Waals surface area contributed by atoms with Gasteiger partial charge in [0.1, 0.15) is 0 Å². The third kappa shape index (κ3) is 2.96. The lowest BCUT2D eigenvalue weighted by Gasteiger charge is -2.37. The highest BCUT2D eigenvalue weighted by atomic mass is 16.3. The first-order chi connectivity index (χ1) is 7.29. The quantitative estimate of drug-likeness (QED) is 0.736. The third-order valence-corrected chi connectivity index (χ3v) is 4.82. The lowest BCUT2D eigenvalue weighted by Crippen LogP contribution is -2.28. The Kier molecular flexibility index (Phi) is 4.07. The second-order valence-corrected chi connectivity index (χ2v) is 5.77. The Morgan fingerprint density at radius 2 is 1.67 bits per heavy atom. The van der Waals surface area contributed by atoms with Gasteiger partial charge in [-0.05, 0) is 49.9 Å². The highest BCUT2D eigenvalue weighted by Crippen LogP contribution is 2.40. The molecule has 0 heterocycles. The van der Waals surface area contributed by atoms with Crippen LogP contribution in [0.1, 0.15) is 64.7 Å². The van der Waals surface area contributed by atoms with Gasteiger partial charge < -0.3 is 5.11 Å². The van der Waals surface area contributed by atoms with Crippen LogP contribution in [0.15, 0.2) is 0 Å². The molecule has 88 valence electrons. The van der Waals surface area contributed by atoms with E-state index in [2.05, 4.69) is 6.92 Å². The Labute approximate surface area is 94.3 Å². The fourth-order valence-electron chi connectivity index (χ4n) is 3.70. The standard InChI is InChI=1S/C14H26O/c1-2-11-6-8-12(9-7-11)13-4-3-5-14(15)10-13/h11-15H,2-10H2,1H3/t11-,12+,13-,14-/m1/s1. The van der Waals surface area contributed by atoms with Crippen LogP contribution in [0, 0.1) is 17.8 Å². The van der Waals surface area contributed by atoms with Gasteiger partial charge in [0.05, 0.1) is 6.10 Å². The van der Waals surface area contributed by atoms with Crippen molar-refractivity contribution in [3.05, 3.63) is 0 Å². The SMILES string of the molecule is CC[C@H]1CC[C@@H]([C@@H]2CCC[C@@H](O)C2)CC1. The molecule has 1 nitrogen and oxygen atoms in total. The topological polar surface area (TPSA) is 20.2 Å². The minimum Gasteiger partial charge on any atom is -0.393 e. The van der Waals surface area contributed by atoms with E-state index in [1.165, 1.54) is 44.9 Å². The van der Waals surface area contributed by atoms with Crippen LogP contribution >= 0.6 is 0 Å². The fraction of sp³-hybridized carbons (Fsp3) is 1.00. The van der Waals surface area contributed by atoms with Crippen LogP contribution in [0.25, 0.3) is 0 Å². The van der Waals surface area contributed by atoms with Crippen LogP contribution < -0.4 is 0 Å². The van der Waals surface area contributed by atoms with Gasteiger partial charge in [-0.25, -0.2) is 0 Å². The molecule has 2 atom stereocenters. The number of aliphatic hydroxyl groups excluding tert-OH is 1. The number of aliphatic hydroxyl groups is 1. The second kappa shape index (κ2) is 5.34. The summed E-state index contributed by atoms with van der Waals surface area (Å²) >= 11 is 0. The first-order valence-corrected chi connectivity index (χ1v) is 6.97. The third-order valence-electron chi connectivity index (χ3n) is 4.82. The maximum absolute atomic E-state index is 9.71. The van der Waals surface area contributed by atoms with Crippen LogP contribution in [0.5, 0.6) is 0 Å². The van der Waals surface area contributed by atoms with E-state index in [9.17, 15) is 5.11 Å². The average Bonchev–Trinajstić information content (AvgIpc) is 2.29. The number of hydrogen-bond acceptors (Lipinski definition) is 1. The smallest absolute Gasteiger partial charge is 0.0543 e. The van der Waals surface area contributed by atoms with E-state index in [1.54, 1.807) is 0 Å². The second-order valence-electron chi connectivity index (χ2n) is 5.77. The van der Waals surface area contributed by atoms with Gasteiger partial charge in [-0.3, -0.25) is 0 Å². The van der Waals surface area contributed by atoms with Crippen molar-refractivity contribution < 1.29 is 5.11 Å². The minimum atomic E-state index is 0.0210. The predicted molar refractivity (Wildman–Crippen MR) is 63.7 cm³/mol. The Bertz CT molecular complexity index is 182. The summed E-state index contributed by atoms with van der Waals surface area (Å²) in [6.45, 7) is 2.33. The van der Waals surface area contributed by atoms with E-state index in [4.69, 9.17) is 0 Å². The van der Waals surface area contributed by atoms with E-state index in [1.807, 2.05) is 0 Å². The van der Waals surface area contributed by atoms with E-state index in [-0.39, 0.29) is 6.10 Å². The largest absolute Gasteiger partial charge is 0.393 e. The molecule has 2 aliphatic rings. The molecule has 0 amide bonds. The van der Waals surface area contributed by atoms with Crippen molar-refractivity contribution in [1.82, 2.24) is 0 Å². The van der Waals surface area contributed by atoms with Gasteiger partial charge in [-0.1, -0.05) is 32.6 Å². The van der Waals surface area contributed by atoms with Crippen molar-refractivity contribution in [2.75, 3.05) is 0 Å². The lowest BCUT2D eigenvalue weighted by molar-refractivity contribution is 0.0644. The van der Waals surface area contributed by atoms with Gasteiger partial charge in [-0.15, -0.1) is 0 Å². The summed E-state index contributed by atoms with van der Waals surface area (Å²) < 4.78 is 0. The zero-order chi connectivity index (χ0) is 10.7. The Balaban J connectivity index is 1.79. The van der Waals surface area contributed by atoms with Crippen molar-refractivity contribution >= 4 is 0 Å². The Morgan fingerprint density at radius 1 is 0.933 bits per heavy atom. The molecule has 0 bridgehead atoms. The number of hydrogen-bond donors (Lipinski definition) is 1. The molecular weight excluding hydrogens is 184 g/mol. The van der Waals surface area contributed by atoms with Crippen LogP contribution in [-0.2, 0) is 0 Å². The van der Waals surface area contributed by atoms with Gasteiger partial charge in [0, 0.05) is 0 Å². The molecule has 0 unspecified atom stereocenters. The van der Waals surface area contributed by atoms with Gasteiger partial charge in [-0.2, -0.15) is 0 Å². The van der Waals surface area contributed by atoms with Gasteiger partial charge in [0.2, 0.25) is 0 Å². The molecular formula is C14H26O. The molecule has 0 radical (unpaired) electrons. The van der Waals surface area contributed by atoms with Crippen LogP contribution in [0.2, 0.25) is 0 Å². The molecule has 0 aromatic heterocycles. The van der Waals surface area contributed by atoms with E-state index in [0.717, 1.165) is 30.6 Å². The zero-order valence-electron chi connectivity index (χ0n) is 10.1. The van der Waals surface area contributed by atoms with Crippen LogP contribution in [0.3, 0.4) is 0 Å². The molecule has 2 fully saturated rings. The summed E-state index contributed by atoms with van der Waals surface area (Å²) in [7, 11) is 0. The van der Waals surface area contributed by atoms with Crippen LogP contribution in [-0.4, -0.2) is 11.2 Å². The normalized spacial score (nSPS) is 42.8. The maximum atomic E-state index is 9.71. The lowest BCUT2D eigenvalue weighted by atomic mass is 9.70. The predicted octanol–water partition coefficient (Wildman–Crippen LogP) is 3.75. The van der Waals surface area contributed by atoms with Crippen molar-refractivity contribution in [1.29, 1.82) is 0 Å². The Morgan fingerprint density at radius 3 is 2.27 bits per heavy atom. The summed E-state index contributed by atoms with van der Waals surface area (Å²) in [6, 6.07) is 0. The minimum absolute atomic E-state index is 0.0210. The molecule has 0 aromatic carbocycles. The first-order valence-electron chi connectivity index (χ1n) is 6.97. The molecule has 0 spiro atoms. The Hall–Kier alpha value is -0.0400. The molecule has 2 aliphatic carbocycles. The summed E-state index contributed by atoms with van der Waals surface area (Å²) in [6.07, 6.45) is 12.0. The van der Waals surface area contributed by atoms with Crippen molar-refractivity contribution in [2.45, 2.75) is 70.8 Å². The number of rotatable bonds is 2. The van der Waals surface area contributed by atoms with Gasteiger partial charge >= 0.3 is 0 Å². The molecule has 0 saturated heterocycles. The summed E-state index contributed by atoms with van der Waals surface area (Å²) in [5, 5.41) is 9.71. The van der Waals surface area contributed by atoms with Gasteiger partial charge in [0.15, 0.2) is 0 Å². The van der Waals surface area contributed by atoms with E-state index < -0.39 is 0 Å². The monoisotopic (exact) mass is 210 g/mol. The highest BCUT2D eigenvalue weighted by molar-refractivity contribution is 4.81. The van der Waals surface area contributed by atoms with Crippen molar-refractivity contribution in [3.8, 4) is 0 Å². The molecule has 0 aliphatic heterocycles. The molecule has 1 N–H and O–H groups in total. The van der Waals surface area contributed by atoms with E-state index in [0.29, 0.717) is 0 Å². The molecule has 0 aromatic rings. The molecule has 1 heteroatoms. The van der Waals surface area contributed by atoms with E-state index >= 15 is 0 Å². The van der Waals surface area contributed by atoms with Crippen molar-refractivity contribution in [2.24, 2.45) is 17.8 Å². The maximum Gasteiger partial charge on any atom is 0.0543 e. The van der Waals surface area contributed by atoms with Gasteiger partial charge in [0.25, 0.3) is 0 Å². The summed E-state index contributed by atoms with van der Waals surface area (Å²) in [5.41, 5.74) is 0. The zero-order valence-corrected chi connectivity index (χ0v) is 10.1. The fourth-order valence-corrected chi connectivity index (χ4v) is 3.70.